The monoisotopic (exact) mass is 353 g/mol. The van der Waals surface area contributed by atoms with Crippen molar-refractivity contribution in [3.05, 3.63) is 28.2 Å². The first-order valence-electron chi connectivity index (χ1n) is 7.80. The highest BCUT2D eigenvalue weighted by molar-refractivity contribution is 9.10. The summed E-state index contributed by atoms with van der Waals surface area (Å²) in [5, 5.41) is 3.50. The molecule has 2 atom stereocenters. The third-order valence-electron chi connectivity index (χ3n) is 4.11. The molecule has 0 heterocycles. The lowest BCUT2D eigenvalue weighted by Gasteiger charge is -2.27. The van der Waals surface area contributed by atoms with Crippen molar-refractivity contribution < 1.29 is 9.53 Å². The summed E-state index contributed by atoms with van der Waals surface area (Å²) in [7, 11) is 0. The van der Waals surface area contributed by atoms with Crippen LogP contribution >= 0.6 is 15.9 Å². The molecule has 1 N–H and O–H groups in total. The Morgan fingerprint density at radius 1 is 1.43 bits per heavy atom. The molecule has 0 saturated heterocycles. The van der Waals surface area contributed by atoms with Crippen LogP contribution in [0.2, 0.25) is 0 Å². The van der Waals surface area contributed by atoms with Gasteiger partial charge in [0.25, 0.3) is 0 Å². The minimum atomic E-state index is -0.272. The number of carbonyl (C=O) groups excluding carboxylic acids is 1. The molecule has 1 aliphatic rings. The Balaban J connectivity index is 1.93. The van der Waals surface area contributed by atoms with Gasteiger partial charge < -0.3 is 10.1 Å². The predicted molar refractivity (Wildman–Crippen MR) is 89.7 cm³/mol. The van der Waals surface area contributed by atoms with Crippen molar-refractivity contribution >= 4 is 27.6 Å². The van der Waals surface area contributed by atoms with Crippen LogP contribution in [-0.2, 0) is 4.74 Å². The van der Waals surface area contributed by atoms with Crippen molar-refractivity contribution in [1.82, 2.24) is 0 Å². The molecule has 0 bridgehead atoms. The SMILES string of the molecule is CCOC(=O)c1ccc(NCC2CCCC(C)C2)c(Br)c1. The molecule has 0 amide bonds. The van der Waals surface area contributed by atoms with E-state index >= 15 is 0 Å². The van der Waals surface area contributed by atoms with E-state index in [9.17, 15) is 4.79 Å². The zero-order valence-electron chi connectivity index (χ0n) is 12.8. The van der Waals surface area contributed by atoms with Crippen molar-refractivity contribution in [2.24, 2.45) is 11.8 Å². The van der Waals surface area contributed by atoms with E-state index in [1.165, 1.54) is 25.7 Å². The number of ether oxygens (including phenoxy) is 1. The lowest BCUT2D eigenvalue weighted by molar-refractivity contribution is 0.0526. The fraction of sp³-hybridized carbons (Fsp3) is 0.588. The van der Waals surface area contributed by atoms with E-state index in [0.717, 1.165) is 28.5 Å². The quantitative estimate of drug-likeness (QED) is 0.767. The maximum atomic E-state index is 11.7. The van der Waals surface area contributed by atoms with E-state index in [0.29, 0.717) is 12.2 Å². The van der Waals surface area contributed by atoms with Crippen LogP contribution in [0.4, 0.5) is 5.69 Å². The maximum Gasteiger partial charge on any atom is 0.338 e. The number of anilines is 1. The van der Waals surface area contributed by atoms with Crippen LogP contribution in [0.15, 0.2) is 22.7 Å². The normalized spacial score (nSPS) is 21.9. The second kappa shape index (κ2) is 7.83. The number of carbonyl (C=O) groups is 1. The smallest absolute Gasteiger partial charge is 0.338 e. The van der Waals surface area contributed by atoms with Crippen molar-refractivity contribution in [3.63, 3.8) is 0 Å². The number of rotatable bonds is 5. The summed E-state index contributed by atoms with van der Waals surface area (Å²) in [5.41, 5.74) is 1.63. The third kappa shape index (κ3) is 4.73. The average Bonchev–Trinajstić information content (AvgIpc) is 2.46. The molecule has 2 unspecified atom stereocenters. The highest BCUT2D eigenvalue weighted by atomic mass is 79.9. The molecule has 1 fully saturated rings. The fourth-order valence-corrected chi connectivity index (χ4v) is 3.52. The van der Waals surface area contributed by atoms with Gasteiger partial charge in [-0.25, -0.2) is 4.79 Å². The molecule has 4 heteroatoms. The zero-order chi connectivity index (χ0) is 15.2. The molecule has 2 rings (SSSR count). The van der Waals surface area contributed by atoms with E-state index in [-0.39, 0.29) is 5.97 Å². The molecule has 1 aromatic rings. The number of nitrogens with one attached hydrogen (secondary N) is 1. The van der Waals surface area contributed by atoms with Gasteiger partial charge in [0.05, 0.1) is 12.2 Å². The molecular weight excluding hydrogens is 330 g/mol. The van der Waals surface area contributed by atoms with E-state index in [1.54, 1.807) is 0 Å². The first kappa shape index (κ1) is 16.3. The minimum absolute atomic E-state index is 0.272. The van der Waals surface area contributed by atoms with Gasteiger partial charge in [0, 0.05) is 16.7 Å². The summed E-state index contributed by atoms with van der Waals surface area (Å²) in [6.07, 6.45) is 5.34. The van der Waals surface area contributed by atoms with Gasteiger partial charge in [-0.15, -0.1) is 0 Å². The van der Waals surface area contributed by atoms with Crippen molar-refractivity contribution in [1.29, 1.82) is 0 Å². The van der Waals surface area contributed by atoms with Gasteiger partial charge in [0.1, 0.15) is 0 Å². The van der Waals surface area contributed by atoms with Crippen LogP contribution in [0.1, 0.15) is 49.9 Å². The maximum absolute atomic E-state index is 11.7. The summed E-state index contributed by atoms with van der Waals surface area (Å²) < 4.78 is 5.92. The van der Waals surface area contributed by atoms with Crippen LogP contribution in [-0.4, -0.2) is 19.1 Å². The Morgan fingerprint density at radius 3 is 2.90 bits per heavy atom. The molecule has 1 aromatic carbocycles. The van der Waals surface area contributed by atoms with Gasteiger partial charge in [-0.1, -0.05) is 19.8 Å². The van der Waals surface area contributed by atoms with E-state index in [4.69, 9.17) is 4.74 Å². The molecule has 116 valence electrons. The van der Waals surface area contributed by atoms with Gasteiger partial charge >= 0.3 is 5.97 Å². The number of hydrogen-bond donors (Lipinski definition) is 1. The summed E-state index contributed by atoms with van der Waals surface area (Å²) in [5.74, 6) is 1.33. The van der Waals surface area contributed by atoms with E-state index in [2.05, 4.69) is 28.2 Å². The van der Waals surface area contributed by atoms with Crippen LogP contribution < -0.4 is 5.32 Å². The van der Waals surface area contributed by atoms with Gasteiger partial charge in [0.15, 0.2) is 0 Å². The Hall–Kier alpha value is -1.03. The molecule has 21 heavy (non-hydrogen) atoms. The third-order valence-corrected chi connectivity index (χ3v) is 4.76. The van der Waals surface area contributed by atoms with Crippen LogP contribution in [0.25, 0.3) is 0 Å². The molecule has 1 aliphatic carbocycles. The van der Waals surface area contributed by atoms with Crippen LogP contribution in [0, 0.1) is 11.8 Å². The highest BCUT2D eigenvalue weighted by Gasteiger charge is 2.19. The largest absolute Gasteiger partial charge is 0.462 e. The molecule has 0 spiro atoms. The summed E-state index contributed by atoms with van der Waals surface area (Å²) in [6, 6.07) is 5.58. The first-order chi connectivity index (χ1) is 10.1. The average molecular weight is 354 g/mol. The minimum Gasteiger partial charge on any atom is -0.462 e. The molecule has 0 aromatic heterocycles. The first-order valence-corrected chi connectivity index (χ1v) is 8.60. The van der Waals surface area contributed by atoms with Gasteiger partial charge in [-0.05, 0) is 65.7 Å². The van der Waals surface area contributed by atoms with Gasteiger partial charge in [-0.2, -0.15) is 0 Å². The summed E-state index contributed by atoms with van der Waals surface area (Å²) in [6.45, 7) is 5.56. The lowest BCUT2D eigenvalue weighted by Crippen LogP contribution is -2.21. The number of esters is 1. The lowest BCUT2D eigenvalue weighted by atomic mass is 9.82. The summed E-state index contributed by atoms with van der Waals surface area (Å²) in [4.78, 5) is 11.7. The molecule has 3 nitrogen and oxygen atoms in total. The van der Waals surface area contributed by atoms with Crippen LogP contribution in [0.5, 0.6) is 0 Å². The van der Waals surface area contributed by atoms with Gasteiger partial charge in [0.2, 0.25) is 0 Å². The molecule has 0 radical (unpaired) electrons. The predicted octanol–water partition coefficient (Wildman–Crippen LogP) is 4.86. The number of benzene rings is 1. The van der Waals surface area contributed by atoms with Crippen molar-refractivity contribution in [2.45, 2.75) is 39.5 Å². The second-order valence-electron chi connectivity index (χ2n) is 5.93. The zero-order valence-corrected chi connectivity index (χ0v) is 14.4. The Morgan fingerprint density at radius 2 is 2.24 bits per heavy atom. The highest BCUT2D eigenvalue weighted by Crippen LogP contribution is 2.30. The van der Waals surface area contributed by atoms with E-state index in [1.807, 2.05) is 25.1 Å². The molecule has 0 aliphatic heterocycles. The number of halogens is 1. The van der Waals surface area contributed by atoms with Crippen molar-refractivity contribution in [3.8, 4) is 0 Å². The second-order valence-corrected chi connectivity index (χ2v) is 6.79. The standard InChI is InChI=1S/C17H24BrNO2/c1-3-21-17(20)14-7-8-16(15(18)10-14)19-11-13-6-4-5-12(2)9-13/h7-8,10,12-13,19H,3-6,9,11H2,1-2H3. The Bertz CT molecular complexity index is 490. The van der Waals surface area contributed by atoms with Crippen molar-refractivity contribution in [2.75, 3.05) is 18.5 Å². The Kier molecular flexibility index (Phi) is 6.09. The molecule has 1 saturated carbocycles. The van der Waals surface area contributed by atoms with Crippen LogP contribution in [0.3, 0.4) is 0 Å². The van der Waals surface area contributed by atoms with Gasteiger partial charge in [-0.3, -0.25) is 0 Å². The topological polar surface area (TPSA) is 38.3 Å². The number of hydrogen-bond acceptors (Lipinski definition) is 3. The fourth-order valence-electron chi connectivity index (χ4n) is 3.00. The summed E-state index contributed by atoms with van der Waals surface area (Å²) >= 11 is 3.53. The molecular formula is C17H24BrNO2. The Labute approximate surface area is 135 Å². The van der Waals surface area contributed by atoms with E-state index < -0.39 is 0 Å².